The molecule has 2 heteroatoms. The van der Waals surface area contributed by atoms with Crippen LogP contribution in [0.2, 0.25) is 0 Å². The van der Waals surface area contributed by atoms with Crippen LogP contribution in [-0.2, 0) is 4.79 Å². The molecule has 2 aromatic carbocycles. The summed E-state index contributed by atoms with van der Waals surface area (Å²) in [6.07, 6.45) is 0.816. The highest BCUT2D eigenvalue weighted by molar-refractivity contribution is 5.67. The Morgan fingerprint density at radius 1 is 1.12 bits per heavy atom. The van der Waals surface area contributed by atoms with Crippen LogP contribution in [0.25, 0.3) is 11.1 Å². The number of halogens is 1. The lowest BCUT2D eigenvalue weighted by Gasteiger charge is -2.08. The van der Waals surface area contributed by atoms with E-state index in [9.17, 15) is 9.18 Å². The summed E-state index contributed by atoms with van der Waals surface area (Å²) in [5.41, 5.74) is 2.11. The summed E-state index contributed by atoms with van der Waals surface area (Å²) in [5, 5.41) is 0. The molecule has 0 saturated heterocycles. The minimum atomic E-state index is -0.289. The minimum Gasteiger partial charge on any atom is -0.303 e. The molecule has 0 unspecified atom stereocenters. The van der Waals surface area contributed by atoms with Gasteiger partial charge >= 0.3 is 0 Å². The lowest BCUT2D eigenvalue weighted by Crippen LogP contribution is -1.96. The van der Waals surface area contributed by atoms with E-state index in [0.717, 1.165) is 11.8 Å². The highest BCUT2D eigenvalue weighted by atomic mass is 19.1. The predicted molar refractivity (Wildman–Crippen MR) is 66.3 cm³/mol. The molecule has 0 aliphatic rings. The molecule has 0 amide bonds. The van der Waals surface area contributed by atoms with E-state index in [-0.39, 0.29) is 11.7 Å². The summed E-state index contributed by atoms with van der Waals surface area (Å²) < 4.78 is 13.9. The van der Waals surface area contributed by atoms with Crippen LogP contribution in [0.15, 0.2) is 48.5 Å². The van der Waals surface area contributed by atoms with Gasteiger partial charge in [0.25, 0.3) is 0 Å². The number of carbonyl (C=O) groups is 1. The Hall–Kier alpha value is -1.96. The molecule has 2 rings (SSSR count). The van der Waals surface area contributed by atoms with E-state index in [1.165, 1.54) is 6.07 Å². The molecular weight excluding hydrogens is 215 g/mol. The van der Waals surface area contributed by atoms with Crippen molar-refractivity contribution in [3.63, 3.8) is 0 Å². The summed E-state index contributed by atoms with van der Waals surface area (Å²) in [6.45, 7) is 1.75. The standard InChI is InChI=1S/C15H13FO/c1-11(10-17)13-7-8-14(15(16)9-13)12-5-3-2-4-6-12/h2-11H,1H3/t11-/m0/s1. The second kappa shape index (κ2) is 4.91. The van der Waals surface area contributed by atoms with Gasteiger partial charge in [0.1, 0.15) is 12.1 Å². The third kappa shape index (κ3) is 2.41. The van der Waals surface area contributed by atoms with E-state index in [2.05, 4.69) is 0 Å². The maximum absolute atomic E-state index is 13.9. The first-order valence-corrected chi connectivity index (χ1v) is 5.52. The fourth-order valence-electron chi connectivity index (χ4n) is 1.74. The summed E-state index contributed by atoms with van der Waals surface area (Å²) in [5.74, 6) is -0.559. The van der Waals surface area contributed by atoms with Crippen LogP contribution in [0.5, 0.6) is 0 Å². The third-order valence-corrected chi connectivity index (χ3v) is 2.81. The largest absolute Gasteiger partial charge is 0.303 e. The van der Waals surface area contributed by atoms with Gasteiger partial charge < -0.3 is 4.79 Å². The number of hydrogen-bond acceptors (Lipinski definition) is 1. The number of aldehydes is 1. The van der Waals surface area contributed by atoms with E-state index < -0.39 is 0 Å². The van der Waals surface area contributed by atoms with Gasteiger partial charge in [-0.15, -0.1) is 0 Å². The molecular formula is C15H13FO. The topological polar surface area (TPSA) is 17.1 Å². The summed E-state index contributed by atoms with van der Waals surface area (Å²) in [7, 11) is 0. The van der Waals surface area contributed by atoms with E-state index in [0.29, 0.717) is 11.1 Å². The third-order valence-electron chi connectivity index (χ3n) is 2.81. The van der Waals surface area contributed by atoms with Crippen molar-refractivity contribution in [3.05, 3.63) is 59.9 Å². The first-order chi connectivity index (χ1) is 8.22. The van der Waals surface area contributed by atoms with E-state index in [1.54, 1.807) is 19.1 Å². The van der Waals surface area contributed by atoms with Gasteiger partial charge in [0, 0.05) is 11.5 Å². The van der Waals surface area contributed by atoms with Gasteiger partial charge in [0.15, 0.2) is 0 Å². The second-order valence-electron chi connectivity index (χ2n) is 4.03. The molecule has 0 radical (unpaired) electrons. The van der Waals surface area contributed by atoms with Crippen LogP contribution in [0, 0.1) is 5.82 Å². The zero-order valence-electron chi connectivity index (χ0n) is 9.56. The molecule has 0 aliphatic carbocycles. The van der Waals surface area contributed by atoms with Gasteiger partial charge in [-0.25, -0.2) is 4.39 Å². The molecule has 0 heterocycles. The van der Waals surface area contributed by atoms with E-state index in [4.69, 9.17) is 0 Å². The molecule has 1 atom stereocenters. The number of rotatable bonds is 3. The van der Waals surface area contributed by atoms with Crippen molar-refractivity contribution in [1.82, 2.24) is 0 Å². The molecule has 0 aliphatic heterocycles. The molecule has 86 valence electrons. The molecule has 0 bridgehead atoms. The fourth-order valence-corrected chi connectivity index (χ4v) is 1.74. The summed E-state index contributed by atoms with van der Waals surface area (Å²) >= 11 is 0. The van der Waals surface area contributed by atoms with Crippen molar-refractivity contribution >= 4 is 6.29 Å². The first kappa shape index (κ1) is 11.5. The van der Waals surface area contributed by atoms with Crippen molar-refractivity contribution in [2.45, 2.75) is 12.8 Å². The minimum absolute atomic E-state index is 0.269. The average Bonchev–Trinajstić information content (AvgIpc) is 2.38. The van der Waals surface area contributed by atoms with Crippen LogP contribution < -0.4 is 0 Å². The molecule has 0 fully saturated rings. The summed E-state index contributed by atoms with van der Waals surface area (Å²) in [6, 6.07) is 14.3. The molecule has 17 heavy (non-hydrogen) atoms. The smallest absolute Gasteiger partial charge is 0.131 e. The Labute approximate surface area is 99.9 Å². The van der Waals surface area contributed by atoms with Gasteiger partial charge in [-0.2, -0.15) is 0 Å². The number of hydrogen-bond donors (Lipinski definition) is 0. The average molecular weight is 228 g/mol. The molecule has 0 N–H and O–H groups in total. The molecule has 0 aromatic heterocycles. The zero-order chi connectivity index (χ0) is 12.3. The SMILES string of the molecule is C[C@@H](C=O)c1ccc(-c2ccccc2)c(F)c1. The number of carbonyl (C=O) groups excluding carboxylic acids is 1. The summed E-state index contributed by atoms with van der Waals surface area (Å²) in [4.78, 5) is 10.6. The van der Waals surface area contributed by atoms with Crippen LogP contribution in [0.3, 0.4) is 0 Å². The van der Waals surface area contributed by atoms with Crippen molar-refractivity contribution in [2.24, 2.45) is 0 Å². The van der Waals surface area contributed by atoms with E-state index in [1.807, 2.05) is 30.3 Å². The first-order valence-electron chi connectivity index (χ1n) is 5.52. The maximum Gasteiger partial charge on any atom is 0.131 e. The van der Waals surface area contributed by atoms with E-state index >= 15 is 0 Å². The van der Waals surface area contributed by atoms with Crippen LogP contribution >= 0.6 is 0 Å². The quantitative estimate of drug-likeness (QED) is 0.730. The van der Waals surface area contributed by atoms with Crippen LogP contribution in [0.4, 0.5) is 4.39 Å². The highest BCUT2D eigenvalue weighted by Gasteiger charge is 2.09. The molecule has 1 nitrogen and oxygen atoms in total. The Bertz CT molecular complexity index is 520. The monoisotopic (exact) mass is 228 g/mol. The van der Waals surface area contributed by atoms with Gasteiger partial charge in [0.2, 0.25) is 0 Å². The Morgan fingerprint density at radius 3 is 2.41 bits per heavy atom. The van der Waals surface area contributed by atoms with Crippen molar-refractivity contribution in [1.29, 1.82) is 0 Å². The lowest BCUT2D eigenvalue weighted by molar-refractivity contribution is -0.108. The Kier molecular flexibility index (Phi) is 3.33. The van der Waals surface area contributed by atoms with Crippen molar-refractivity contribution < 1.29 is 9.18 Å². The fraction of sp³-hybridized carbons (Fsp3) is 0.133. The van der Waals surface area contributed by atoms with Gasteiger partial charge in [-0.05, 0) is 17.2 Å². The van der Waals surface area contributed by atoms with Crippen LogP contribution in [-0.4, -0.2) is 6.29 Å². The highest BCUT2D eigenvalue weighted by Crippen LogP contribution is 2.25. The van der Waals surface area contributed by atoms with Gasteiger partial charge in [-0.3, -0.25) is 0 Å². The lowest BCUT2D eigenvalue weighted by atomic mass is 9.98. The van der Waals surface area contributed by atoms with Crippen molar-refractivity contribution in [2.75, 3.05) is 0 Å². The normalized spacial score (nSPS) is 12.1. The zero-order valence-corrected chi connectivity index (χ0v) is 9.56. The Morgan fingerprint density at radius 2 is 1.82 bits per heavy atom. The molecule has 0 spiro atoms. The molecule has 0 saturated carbocycles. The number of benzene rings is 2. The predicted octanol–water partition coefficient (Wildman–Crippen LogP) is 3.80. The van der Waals surface area contributed by atoms with Crippen molar-refractivity contribution in [3.8, 4) is 11.1 Å². The maximum atomic E-state index is 13.9. The second-order valence-corrected chi connectivity index (χ2v) is 4.03. The molecule has 2 aromatic rings. The Balaban J connectivity index is 2.42. The van der Waals surface area contributed by atoms with Gasteiger partial charge in [-0.1, -0.05) is 49.4 Å². The van der Waals surface area contributed by atoms with Crippen LogP contribution in [0.1, 0.15) is 18.4 Å². The van der Waals surface area contributed by atoms with Gasteiger partial charge in [0.05, 0.1) is 0 Å².